The molecule has 0 N–H and O–H groups in total. The second kappa shape index (κ2) is 9.99. The van der Waals surface area contributed by atoms with Gasteiger partial charge in [-0.2, -0.15) is 0 Å². The fourth-order valence-electron chi connectivity index (χ4n) is 4.87. The standard InChI is InChI=1S/C22H40N6/c1-6-20-16-27(5)17-21(7-2)28(20)22-23-12-19(13-24-22)15-26(4)14-18-8-10-25(3)11-9-18/h12-13,18,20-21H,6-11,14-17H2,1-5H3. The van der Waals surface area contributed by atoms with E-state index in [4.69, 9.17) is 9.97 Å². The second-order valence-corrected chi connectivity index (χ2v) is 9.09. The minimum Gasteiger partial charge on any atom is -0.332 e. The maximum absolute atomic E-state index is 4.80. The summed E-state index contributed by atoms with van der Waals surface area (Å²) in [7, 11) is 6.69. The van der Waals surface area contributed by atoms with E-state index in [0.717, 1.165) is 44.3 Å². The molecule has 2 atom stereocenters. The van der Waals surface area contributed by atoms with Gasteiger partial charge in [0.05, 0.1) is 0 Å². The number of piperazine rings is 1. The maximum atomic E-state index is 4.80. The van der Waals surface area contributed by atoms with Crippen molar-refractivity contribution in [2.45, 2.75) is 58.2 Å². The Kier molecular flexibility index (Phi) is 7.66. The van der Waals surface area contributed by atoms with E-state index < -0.39 is 0 Å². The molecule has 2 aliphatic heterocycles. The quantitative estimate of drug-likeness (QED) is 0.715. The summed E-state index contributed by atoms with van der Waals surface area (Å²) in [5.41, 5.74) is 1.22. The number of anilines is 1. The molecule has 3 rings (SSSR count). The zero-order valence-corrected chi connectivity index (χ0v) is 18.6. The van der Waals surface area contributed by atoms with Gasteiger partial charge in [0.2, 0.25) is 5.95 Å². The van der Waals surface area contributed by atoms with Gasteiger partial charge < -0.3 is 19.6 Å². The molecule has 3 heterocycles. The number of aromatic nitrogens is 2. The number of rotatable bonds is 7. The van der Waals surface area contributed by atoms with Crippen LogP contribution in [-0.2, 0) is 6.54 Å². The normalized spacial score (nSPS) is 25.6. The van der Waals surface area contributed by atoms with E-state index >= 15 is 0 Å². The summed E-state index contributed by atoms with van der Waals surface area (Å²) < 4.78 is 0. The Labute approximate surface area is 171 Å². The minimum atomic E-state index is 0.502. The Balaban J connectivity index is 1.59. The van der Waals surface area contributed by atoms with Crippen molar-refractivity contribution in [3.63, 3.8) is 0 Å². The Hall–Kier alpha value is -1.24. The van der Waals surface area contributed by atoms with E-state index in [-0.39, 0.29) is 0 Å². The van der Waals surface area contributed by atoms with E-state index in [9.17, 15) is 0 Å². The fourth-order valence-corrected chi connectivity index (χ4v) is 4.87. The van der Waals surface area contributed by atoms with Crippen molar-refractivity contribution in [2.75, 3.05) is 58.8 Å². The molecule has 1 aromatic heterocycles. The average Bonchev–Trinajstić information content (AvgIpc) is 2.69. The molecule has 6 nitrogen and oxygen atoms in total. The van der Waals surface area contributed by atoms with Crippen LogP contribution in [-0.4, -0.2) is 90.6 Å². The maximum Gasteiger partial charge on any atom is 0.225 e. The van der Waals surface area contributed by atoms with Crippen LogP contribution in [0.4, 0.5) is 5.95 Å². The summed E-state index contributed by atoms with van der Waals surface area (Å²) in [6, 6.07) is 1.00. The summed E-state index contributed by atoms with van der Waals surface area (Å²) in [4.78, 5) is 19.4. The van der Waals surface area contributed by atoms with Gasteiger partial charge in [-0.05, 0) is 65.8 Å². The number of nitrogens with zero attached hydrogens (tertiary/aromatic N) is 6. The van der Waals surface area contributed by atoms with Crippen LogP contribution in [0.5, 0.6) is 0 Å². The molecular weight excluding hydrogens is 348 g/mol. The lowest BCUT2D eigenvalue weighted by atomic mass is 9.96. The first kappa shape index (κ1) is 21.5. The molecular formula is C22H40N6. The largest absolute Gasteiger partial charge is 0.332 e. The summed E-state index contributed by atoms with van der Waals surface area (Å²) >= 11 is 0. The van der Waals surface area contributed by atoms with Gasteiger partial charge >= 0.3 is 0 Å². The summed E-state index contributed by atoms with van der Waals surface area (Å²) in [5.74, 6) is 1.73. The molecule has 2 saturated heterocycles. The van der Waals surface area contributed by atoms with Crippen LogP contribution < -0.4 is 4.90 Å². The number of likely N-dealkylation sites (N-methyl/N-ethyl adjacent to an activating group) is 1. The fraction of sp³-hybridized carbons (Fsp3) is 0.818. The molecule has 158 valence electrons. The van der Waals surface area contributed by atoms with E-state index in [1.807, 2.05) is 12.4 Å². The molecule has 0 radical (unpaired) electrons. The van der Waals surface area contributed by atoms with Gasteiger partial charge in [-0.15, -0.1) is 0 Å². The molecule has 1 aromatic rings. The molecule has 0 saturated carbocycles. The van der Waals surface area contributed by atoms with Crippen LogP contribution in [0, 0.1) is 5.92 Å². The van der Waals surface area contributed by atoms with Crippen molar-refractivity contribution in [2.24, 2.45) is 5.92 Å². The first-order chi connectivity index (χ1) is 13.5. The predicted octanol–water partition coefficient (Wildman–Crippen LogP) is 2.56. The summed E-state index contributed by atoms with van der Waals surface area (Å²) in [6.45, 7) is 11.3. The van der Waals surface area contributed by atoms with Crippen LogP contribution >= 0.6 is 0 Å². The number of likely N-dealkylation sites (tertiary alicyclic amines) is 1. The van der Waals surface area contributed by atoms with Gasteiger partial charge in [-0.3, -0.25) is 0 Å². The van der Waals surface area contributed by atoms with Crippen LogP contribution in [0.2, 0.25) is 0 Å². The zero-order valence-electron chi connectivity index (χ0n) is 18.6. The highest BCUT2D eigenvalue weighted by atomic mass is 15.4. The van der Waals surface area contributed by atoms with Crippen LogP contribution in [0.1, 0.15) is 45.1 Å². The Morgan fingerprint density at radius 3 is 2.07 bits per heavy atom. The molecule has 2 unspecified atom stereocenters. The third-order valence-corrected chi connectivity index (χ3v) is 6.56. The third kappa shape index (κ3) is 5.43. The lowest BCUT2D eigenvalue weighted by Gasteiger charge is -2.45. The van der Waals surface area contributed by atoms with Crippen molar-refractivity contribution < 1.29 is 0 Å². The molecule has 28 heavy (non-hydrogen) atoms. The molecule has 0 bridgehead atoms. The zero-order chi connectivity index (χ0) is 20.1. The molecule has 0 aliphatic carbocycles. The average molecular weight is 389 g/mol. The highest BCUT2D eigenvalue weighted by Crippen LogP contribution is 2.24. The molecule has 0 amide bonds. The minimum absolute atomic E-state index is 0.502. The van der Waals surface area contributed by atoms with E-state index in [2.05, 4.69) is 54.6 Å². The first-order valence-corrected chi connectivity index (χ1v) is 11.1. The van der Waals surface area contributed by atoms with Gasteiger partial charge in [-0.1, -0.05) is 13.8 Å². The smallest absolute Gasteiger partial charge is 0.225 e. The topological polar surface area (TPSA) is 38.7 Å². The number of hydrogen-bond acceptors (Lipinski definition) is 6. The van der Waals surface area contributed by atoms with Crippen molar-refractivity contribution in [1.82, 2.24) is 24.7 Å². The van der Waals surface area contributed by atoms with Crippen molar-refractivity contribution in [3.05, 3.63) is 18.0 Å². The SMILES string of the molecule is CCC1CN(C)CC(CC)N1c1ncc(CN(C)CC2CCN(C)CC2)cn1. The van der Waals surface area contributed by atoms with Gasteiger partial charge in [0, 0.05) is 56.2 Å². The Bertz CT molecular complexity index is 569. The highest BCUT2D eigenvalue weighted by Gasteiger charge is 2.32. The second-order valence-electron chi connectivity index (χ2n) is 9.09. The van der Waals surface area contributed by atoms with Crippen molar-refractivity contribution >= 4 is 5.95 Å². The van der Waals surface area contributed by atoms with Crippen molar-refractivity contribution in [1.29, 1.82) is 0 Å². The van der Waals surface area contributed by atoms with Crippen LogP contribution in [0.15, 0.2) is 12.4 Å². The molecule has 2 aliphatic rings. The molecule has 0 aromatic carbocycles. The lowest BCUT2D eigenvalue weighted by molar-refractivity contribution is 0.173. The highest BCUT2D eigenvalue weighted by molar-refractivity contribution is 5.35. The van der Waals surface area contributed by atoms with E-state index in [0.29, 0.717) is 12.1 Å². The van der Waals surface area contributed by atoms with E-state index in [1.165, 1.54) is 38.0 Å². The molecule has 0 spiro atoms. The monoisotopic (exact) mass is 388 g/mol. The van der Waals surface area contributed by atoms with Gasteiger partial charge in [0.25, 0.3) is 0 Å². The number of hydrogen-bond donors (Lipinski definition) is 0. The first-order valence-electron chi connectivity index (χ1n) is 11.1. The van der Waals surface area contributed by atoms with Crippen LogP contribution in [0.25, 0.3) is 0 Å². The van der Waals surface area contributed by atoms with Crippen molar-refractivity contribution in [3.8, 4) is 0 Å². The van der Waals surface area contributed by atoms with Gasteiger partial charge in [-0.25, -0.2) is 9.97 Å². The Morgan fingerprint density at radius 2 is 1.54 bits per heavy atom. The predicted molar refractivity (Wildman–Crippen MR) is 117 cm³/mol. The van der Waals surface area contributed by atoms with Gasteiger partial charge in [0.15, 0.2) is 0 Å². The van der Waals surface area contributed by atoms with Crippen LogP contribution in [0.3, 0.4) is 0 Å². The van der Waals surface area contributed by atoms with Gasteiger partial charge in [0.1, 0.15) is 0 Å². The third-order valence-electron chi connectivity index (χ3n) is 6.56. The van der Waals surface area contributed by atoms with E-state index in [1.54, 1.807) is 0 Å². The molecule has 2 fully saturated rings. The summed E-state index contributed by atoms with van der Waals surface area (Å²) in [6.07, 6.45) is 8.99. The summed E-state index contributed by atoms with van der Waals surface area (Å²) in [5, 5.41) is 0. The molecule has 6 heteroatoms. The number of piperidine rings is 1. The lowest BCUT2D eigenvalue weighted by Crippen LogP contribution is -2.58. The Morgan fingerprint density at radius 1 is 0.964 bits per heavy atom.